The van der Waals surface area contributed by atoms with Crippen molar-refractivity contribution in [2.45, 2.75) is 39.5 Å². The molecule has 0 aromatic heterocycles. The van der Waals surface area contributed by atoms with Crippen LogP contribution in [0.15, 0.2) is 12.7 Å². The van der Waals surface area contributed by atoms with E-state index in [0.29, 0.717) is 6.42 Å². The number of carbonyl (C=O) groups excluding carboxylic acids is 5. The Balaban J connectivity index is 4.53. The molecule has 0 atom stereocenters. The molecular weight excluding hydrogens is 332 g/mol. The number of methoxy groups -OCH3 is 1. The molecule has 0 unspecified atom stereocenters. The fraction of sp³-hybridized carbons (Fsp3) is 0.588. The first-order valence-corrected chi connectivity index (χ1v) is 7.73. The monoisotopic (exact) mass is 356 g/mol. The number of esters is 3. The minimum atomic E-state index is -1.59. The van der Waals surface area contributed by atoms with E-state index in [2.05, 4.69) is 11.3 Å². The zero-order valence-corrected chi connectivity index (χ0v) is 14.8. The average molecular weight is 356 g/mol. The third kappa shape index (κ3) is 7.73. The van der Waals surface area contributed by atoms with Gasteiger partial charge in [0.25, 0.3) is 0 Å². The van der Waals surface area contributed by atoms with Gasteiger partial charge in [-0.2, -0.15) is 0 Å². The van der Waals surface area contributed by atoms with Gasteiger partial charge in [-0.1, -0.05) is 6.58 Å². The molecule has 25 heavy (non-hydrogen) atoms. The number of hydrogen-bond acceptors (Lipinski definition) is 8. The summed E-state index contributed by atoms with van der Waals surface area (Å²) in [5.41, 5.74) is -1.59. The molecule has 0 bridgehead atoms. The number of carbonyl (C=O) groups is 5. The summed E-state index contributed by atoms with van der Waals surface area (Å²) >= 11 is 0. The van der Waals surface area contributed by atoms with Crippen LogP contribution in [0.5, 0.6) is 0 Å². The molecule has 140 valence electrons. The molecular formula is C17H24O8. The van der Waals surface area contributed by atoms with Gasteiger partial charge in [0.05, 0.1) is 32.2 Å². The van der Waals surface area contributed by atoms with Crippen LogP contribution in [0.25, 0.3) is 0 Å². The van der Waals surface area contributed by atoms with Crippen molar-refractivity contribution in [3.05, 3.63) is 12.7 Å². The molecule has 0 aromatic rings. The van der Waals surface area contributed by atoms with Gasteiger partial charge in [-0.05, 0) is 20.3 Å². The number of hydrogen-bond donors (Lipinski definition) is 0. The van der Waals surface area contributed by atoms with Crippen LogP contribution in [-0.4, -0.2) is 49.8 Å². The first-order chi connectivity index (χ1) is 11.7. The Labute approximate surface area is 146 Å². The SMILES string of the molecule is C=CC(=O)OCCCOC(=O)CCC(CC(=O)OC)(C(C)=O)C(C)=O. The molecule has 0 amide bonds. The fourth-order valence-corrected chi connectivity index (χ4v) is 2.12. The van der Waals surface area contributed by atoms with Crippen LogP contribution < -0.4 is 0 Å². The van der Waals surface area contributed by atoms with Crippen LogP contribution in [-0.2, 0) is 38.2 Å². The number of rotatable bonds is 12. The lowest BCUT2D eigenvalue weighted by atomic mass is 9.73. The lowest BCUT2D eigenvalue weighted by molar-refractivity contribution is -0.153. The second kappa shape index (κ2) is 11.1. The second-order valence-corrected chi connectivity index (χ2v) is 5.39. The first-order valence-electron chi connectivity index (χ1n) is 7.73. The zero-order chi connectivity index (χ0) is 19.5. The van der Waals surface area contributed by atoms with Gasteiger partial charge in [0.15, 0.2) is 0 Å². The molecule has 0 spiro atoms. The smallest absolute Gasteiger partial charge is 0.330 e. The number of ether oxygens (including phenoxy) is 3. The van der Waals surface area contributed by atoms with Gasteiger partial charge in [0.1, 0.15) is 11.6 Å². The van der Waals surface area contributed by atoms with Crippen molar-refractivity contribution in [1.29, 1.82) is 0 Å². The molecule has 0 saturated carbocycles. The standard InChI is InChI=1S/C17H24O8/c1-5-14(20)24-9-6-10-25-15(21)7-8-17(12(2)18,13(3)19)11-16(22)23-4/h5H,1,6-11H2,2-4H3. The van der Waals surface area contributed by atoms with Gasteiger partial charge in [-0.15, -0.1) is 0 Å². The molecule has 0 heterocycles. The van der Waals surface area contributed by atoms with Crippen molar-refractivity contribution in [2.75, 3.05) is 20.3 Å². The van der Waals surface area contributed by atoms with Crippen molar-refractivity contribution in [2.24, 2.45) is 5.41 Å². The summed E-state index contributed by atoms with van der Waals surface area (Å²) < 4.78 is 14.2. The van der Waals surface area contributed by atoms with Crippen LogP contribution in [0.2, 0.25) is 0 Å². The molecule has 0 aromatic carbocycles. The Morgan fingerprint density at radius 3 is 2.00 bits per heavy atom. The van der Waals surface area contributed by atoms with Gasteiger partial charge in [-0.25, -0.2) is 4.79 Å². The molecule has 0 aliphatic carbocycles. The highest BCUT2D eigenvalue weighted by Crippen LogP contribution is 2.31. The molecule has 8 heteroatoms. The van der Waals surface area contributed by atoms with Crippen LogP contribution in [0.3, 0.4) is 0 Å². The van der Waals surface area contributed by atoms with Gasteiger partial charge in [-0.3, -0.25) is 19.2 Å². The van der Waals surface area contributed by atoms with Crippen molar-refractivity contribution in [3.8, 4) is 0 Å². The summed E-state index contributed by atoms with van der Waals surface area (Å²) in [6.45, 7) is 5.73. The van der Waals surface area contributed by atoms with Crippen LogP contribution >= 0.6 is 0 Å². The predicted octanol–water partition coefficient (Wildman–Crippen LogP) is 1.16. The summed E-state index contributed by atoms with van der Waals surface area (Å²) in [5, 5.41) is 0. The number of Topliss-reactive ketones (excluding diaryl/α,β-unsaturated/α-hetero) is 2. The van der Waals surface area contributed by atoms with Gasteiger partial charge in [0, 0.05) is 18.9 Å². The molecule has 0 aliphatic rings. The van der Waals surface area contributed by atoms with Gasteiger partial charge in [0.2, 0.25) is 0 Å². The highest BCUT2D eigenvalue weighted by molar-refractivity contribution is 6.07. The summed E-state index contributed by atoms with van der Waals surface area (Å²) in [6, 6.07) is 0. The fourth-order valence-electron chi connectivity index (χ4n) is 2.12. The van der Waals surface area contributed by atoms with Crippen LogP contribution in [0.4, 0.5) is 0 Å². The summed E-state index contributed by atoms with van der Waals surface area (Å²) in [4.78, 5) is 57.9. The Morgan fingerprint density at radius 2 is 1.52 bits per heavy atom. The maximum atomic E-state index is 11.9. The van der Waals surface area contributed by atoms with Crippen molar-refractivity contribution in [1.82, 2.24) is 0 Å². The Kier molecular flexibility index (Phi) is 10.00. The van der Waals surface area contributed by atoms with E-state index in [1.807, 2.05) is 0 Å². The Morgan fingerprint density at radius 1 is 0.960 bits per heavy atom. The molecule has 0 aliphatic heterocycles. The average Bonchev–Trinajstić information content (AvgIpc) is 2.56. The lowest BCUT2D eigenvalue weighted by Crippen LogP contribution is -2.39. The zero-order valence-electron chi connectivity index (χ0n) is 14.8. The Hall–Kier alpha value is -2.51. The second-order valence-electron chi connectivity index (χ2n) is 5.39. The van der Waals surface area contributed by atoms with Crippen molar-refractivity contribution >= 4 is 29.5 Å². The van der Waals surface area contributed by atoms with Gasteiger partial charge >= 0.3 is 17.9 Å². The van der Waals surface area contributed by atoms with E-state index in [9.17, 15) is 24.0 Å². The van der Waals surface area contributed by atoms with Crippen molar-refractivity contribution in [3.63, 3.8) is 0 Å². The van der Waals surface area contributed by atoms with E-state index in [1.54, 1.807) is 0 Å². The summed E-state index contributed by atoms with van der Waals surface area (Å²) in [6.07, 6.45) is 0.563. The molecule has 0 fully saturated rings. The third-order valence-corrected chi connectivity index (χ3v) is 3.74. The molecule has 0 saturated heterocycles. The third-order valence-electron chi connectivity index (χ3n) is 3.74. The minimum absolute atomic E-state index is 0.0212. The molecule has 0 N–H and O–H groups in total. The van der Waals surface area contributed by atoms with E-state index >= 15 is 0 Å². The quantitative estimate of drug-likeness (QED) is 0.168. The first kappa shape index (κ1) is 22.5. The lowest BCUT2D eigenvalue weighted by Gasteiger charge is -2.27. The topological polar surface area (TPSA) is 113 Å². The number of ketones is 2. The largest absolute Gasteiger partial charge is 0.469 e. The highest BCUT2D eigenvalue weighted by atomic mass is 16.5. The maximum Gasteiger partial charge on any atom is 0.330 e. The van der Waals surface area contributed by atoms with E-state index in [-0.39, 0.29) is 26.1 Å². The van der Waals surface area contributed by atoms with Crippen LogP contribution in [0.1, 0.15) is 39.5 Å². The van der Waals surface area contributed by atoms with Crippen molar-refractivity contribution < 1.29 is 38.2 Å². The minimum Gasteiger partial charge on any atom is -0.469 e. The van der Waals surface area contributed by atoms with E-state index in [4.69, 9.17) is 9.47 Å². The summed E-state index contributed by atoms with van der Waals surface area (Å²) in [5.74, 6) is -2.90. The van der Waals surface area contributed by atoms with E-state index in [0.717, 1.165) is 13.2 Å². The molecule has 8 nitrogen and oxygen atoms in total. The van der Waals surface area contributed by atoms with E-state index in [1.165, 1.54) is 13.8 Å². The Bertz CT molecular complexity index is 521. The van der Waals surface area contributed by atoms with Gasteiger partial charge < -0.3 is 14.2 Å². The highest BCUT2D eigenvalue weighted by Gasteiger charge is 2.43. The maximum absolute atomic E-state index is 11.9. The molecule has 0 rings (SSSR count). The normalized spacial score (nSPS) is 10.5. The van der Waals surface area contributed by atoms with Crippen LogP contribution in [0, 0.1) is 5.41 Å². The van der Waals surface area contributed by atoms with E-state index < -0.39 is 41.3 Å². The summed E-state index contributed by atoms with van der Waals surface area (Å²) in [7, 11) is 1.15. The molecule has 0 radical (unpaired) electrons. The predicted molar refractivity (Wildman–Crippen MR) is 86.4 cm³/mol.